The predicted molar refractivity (Wildman–Crippen MR) is 64.6 cm³/mol. The van der Waals surface area contributed by atoms with Crippen LogP contribution in [0.4, 0.5) is 0 Å². The van der Waals surface area contributed by atoms with Crippen LogP contribution >= 0.6 is 11.8 Å². The van der Waals surface area contributed by atoms with Crippen molar-refractivity contribution in [2.45, 2.75) is 30.0 Å². The summed E-state index contributed by atoms with van der Waals surface area (Å²) in [6, 6.07) is 8.52. The number of hydrogen-bond acceptors (Lipinski definition) is 2. The molecule has 0 spiro atoms. The molecule has 1 aromatic rings. The second kappa shape index (κ2) is 5.23. The lowest BCUT2D eigenvalue weighted by Crippen LogP contribution is -2.04. The van der Waals surface area contributed by atoms with Crippen LogP contribution in [0.5, 0.6) is 0 Å². The first-order valence-electron chi connectivity index (χ1n) is 4.78. The predicted octanol–water partition coefficient (Wildman–Crippen LogP) is 3.37. The van der Waals surface area contributed by atoms with Gasteiger partial charge in [-0.3, -0.25) is 0 Å². The van der Waals surface area contributed by atoms with E-state index in [1.54, 1.807) is 11.8 Å². The minimum Gasteiger partial charge on any atom is -0.324 e. The topological polar surface area (TPSA) is 26.0 Å². The molecule has 1 rings (SSSR count). The van der Waals surface area contributed by atoms with Crippen LogP contribution in [0.25, 0.3) is 0 Å². The molecule has 0 aliphatic heterocycles. The molecule has 0 saturated heterocycles. The van der Waals surface area contributed by atoms with Crippen molar-refractivity contribution in [3.05, 3.63) is 42.5 Å². The Hall–Kier alpha value is -0.730. The third-order valence-corrected chi connectivity index (χ3v) is 3.17. The molecular formula is C12H17NS. The zero-order valence-corrected chi connectivity index (χ0v) is 9.55. The van der Waals surface area contributed by atoms with Crippen LogP contribution in [0, 0.1) is 0 Å². The first kappa shape index (κ1) is 11.3. The highest BCUT2D eigenvalue weighted by molar-refractivity contribution is 8.00. The summed E-state index contributed by atoms with van der Waals surface area (Å²) in [6.07, 6.45) is 1.95. The van der Waals surface area contributed by atoms with Gasteiger partial charge in [0.05, 0.1) is 0 Å². The van der Waals surface area contributed by atoms with Gasteiger partial charge in [0.1, 0.15) is 0 Å². The molecule has 0 aliphatic carbocycles. The van der Waals surface area contributed by atoms with Crippen molar-refractivity contribution in [3.8, 4) is 0 Å². The summed E-state index contributed by atoms with van der Waals surface area (Å²) < 4.78 is 0. The molecule has 0 aromatic heterocycles. The lowest BCUT2D eigenvalue weighted by Gasteiger charge is -2.08. The zero-order chi connectivity index (χ0) is 10.6. The van der Waals surface area contributed by atoms with E-state index in [9.17, 15) is 0 Å². The third kappa shape index (κ3) is 3.20. The van der Waals surface area contributed by atoms with Gasteiger partial charge in [0.25, 0.3) is 0 Å². The average Bonchev–Trinajstić information content (AvgIpc) is 2.18. The highest BCUT2D eigenvalue weighted by Crippen LogP contribution is 2.24. The minimum atomic E-state index is 0.117. The van der Waals surface area contributed by atoms with E-state index in [1.165, 1.54) is 10.5 Å². The monoisotopic (exact) mass is 207 g/mol. The Bertz CT molecular complexity index is 290. The van der Waals surface area contributed by atoms with Gasteiger partial charge in [0.15, 0.2) is 0 Å². The van der Waals surface area contributed by atoms with Crippen LogP contribution in [-0.2, 0) is 0 Å². The van der Waals surface area contributed by atoms with E-state index in [0.717, 1.165) is 0 Å². The van der Waals surface area contributed by atoms with Gasteiger partial charge in [-0.2, -0.15) is 0 Å². The van der Waals surface area contributed by atoms with Crippen LogP contribution in [0.3, 0.4) is 0 Å². The summed E-state index contributed by atoms with van der Waals surface area (Å²) in [5.41, 5.74) is 6.95. The first-order chi connectivity index (χ1) is 6.63. The highest BCUT2D eigenvalue weighted by Gasteiger charge is 2.01. The Morgan fingerprint density at radius 2 is 1.86 bits per heavy atom. The van der Waals surface area contributed by atoms with Crippen molar-refractivity contribution >= 4 is 11.8 Å². The van der Waals surface area contributed by atoms with Crippen molar-refractivity contribution < 1.29 is 0 Å². The summed E-state index contributed by atoms with van der Waals surface area (Å²) in [5.74, 6) is 0. The van der Waals surface area contributed by atoms with Gasteiger partial charge in [-0.25, -0.2) is 0 Å². The minimum absolute atomic E-state index is 0.117. The summed E-state index contributed by atoms with van der Waals surface area (Å²) in [6.45, 7) is 7.89. The number of benzene rings is 1. The molecule has 2 heteroatoms. The molecule has 2 N–H and O–H groups in total. The number of thioether (sulfide) groups is 1. The van der Waals surface area contributed by atoms with E-state index < -0.39 is 0 Å². The zero-order valence-electron chi connectivity index (χ0n) is 8.73. The second-order valence-electron chi connectivity index (χ2n) is 3.42. The Labute approximate surface area is 90.4 Å². The van der Waals surface area contributed by atoms with E-state index in [0.29, 0.717) is 5.25 Å². The molecule has 0 heterocycles. The van der Waals surface area contributed by atoms with Crippen LogP contribution in [0.1, 0.15) is 25.5 Å². The van der Waals surface area contributed by atoms with Gasteiger partial charge in [-0.15, -0.1) is 18.3 Å². The van der Waals surface area contributed by atoms with E-state index in [-0.39, 0.29) is 6.04 Å². The van der Waals surface area contributed by atoms with Gasteiger partial charge in [0.2, 0.25) is 0 Å². The quantitative estimate of drug-likeness (QED) is 0.605. The van der Waals surface area contributed by atoms with Crippen LogP contribution in [-0.4, -0.2) is 5.25 Å². The van der Waals surface area contributed by atoms with Gasteiger partial charge in [0, 0.05) is 16.2 Å². The molecule has 0 radical (unpaired) electrons. The second-order valence-corrected chi connectivity index (χ2v) is 4.87. The smallest absolute Gasteiger partial charge is 0.0266 e. The van der Waals surface area contributed by atoms with Crippen molar-refractivity contribution in [1.82, 2.24) is 0 Å². The summed E-state index contributed by atoms with van der Waals surface area (Å²) in [7, 11) is 0. The fourth-order valence-electron chi connectivity index (χ4n) is 1.11. The Morgan fingerprint density at radius 3 is 2.29 bits per heavy atom. The molecule has 0 amide bonds. The summed E-state index contributed by atoms with van der Waals surface area (Å²) >= 11 is 1.81. The molecule has 2 atom stereocenters. The van der Waals surface area contributed by atoms with E-state index in [2.05, 4.69) is 37.8 Å². The number of hydrogen-bond donors (Lipinski definition) is 1. The summed E-state index contributed by atoms with van der Waals surface area (Å²) in [4.78, 5) is 1.27. The maximum Gasteiger partial charge on any atom is 0.0266 e. The Kier molecular flexibility index (Phi) is 4.23. The maximum absolute atomic E-state index is 5.77. The van der Waals surface area contributed by atoms with Crippen LogP contribution < -0.4 is 5.73 Å². The molecule has 0 bridgehead atoms. The Balaban J connectivity index is 2.68. The lowest BCUT2D eigenvalue weighted by atomic mass is 10.1. The lowest BCUT2D eigenvalue weighted by molar-refractivity contribution is 0.817. The number of nitrogens with two attached hydrogens (primary N) is 1. The van der Waals surface area contributed by atoms with Crippen LogP contribution in [0.15, 0.2) is 41.8 Å². The van der Waals surface area contributed by atoms with Gasteiger partial charge in [-0.05, 0) is 31.5 Å². The van der Waals surface area contributed by atoms with E-state index >= 15 is 0 Å². The van der Waals surface area contributed by atoms with Crippen molar-refractivity contribution in [2.24, 2.45) is 5.73 Å². The molecule has 76 valence electrons. The SMILES string of the molecule is C=CC(C)Sc1ccc(C(C)N)cc1. The molecular weight excluding hydrogens is 190 g/mol. The fraction of sp³-hybridized carbons (Fsp3) is 0.333. The molecule has 0 fully saturated rings. The maximum atomic E-state index is 5.77. The number of rotatable bonds is 4. The standard InChI is InChI=1S/C12H17NS/c1-4-9(2)14-12-7-5-11(6-8-12)10(3)13/h4-10H,1,13H2,2-3H3. The molecule has 1 nitrogen and oxygen atoms in total. The van der Waals surface area contributed by atoms with Crippen molar-refractivity contribution in [3.63, 3.8) is 0 Å². The third-order valence-electron chi connectivity index (χ3n) is 2.06. The van der Waals surface area contributed by atoms with E-state index in [1.807, 2.05) is 13.0 Å². The molecule has 1 aromatic carbocycles. The van der Waals surface area contributed by atoms with Gasteiger partial charge >= 0.3 is 0 Å². The van der Waals surface area contributed by atoms with Crippen LogP contribution in [0.2, 0.25) is 0 Å². The first-order valence-corrected chi connectivity index (χ1v) is 5.66. The fourth-order valence-corrected chi connectivity index (χ4v) is 1.93. The largest absolute Gasteiger partial charge is 0.324 e. The van der Waals surface area contributed by atoms with Crippen molar-refractivity contribution in [2.75, 3.05) is 0 Å². The molecule has 0 saturated carbocycles. The summed E-state index contributed by atoms with van der Waals surface area (Å²) in [5, 5.41) is 0.455. The Morgan fingerprint density at radius 1 is 1.29 bits per heavy atom. The van der Waals surface area contributed by atoms with E-state index in [4.69, 9.17) is 5.73 Å². The normalized spacial score (nSPS) is 14.8. The van der Waals surface area contributed by atoms with Crippen molar-refractivity contribution in [1.29, 1.82) is 0 Å². The highest BCUT2D eigenvalue weighted by atomic mass is 32.2. The van der Waals surface area contributed by atoms with Gasteiger partial charge < -0.3 is 5.73 Å². The molecule has 14 heavy (non-hydrogen) atoms. The molecule has 0 aliphatic rings. The average molecular weight is 207 g/mol. The van der Waals surface area contributed by atoms with Gasteiger partial charge in [-0.1, -0.05) is 18.2 Å². The molecule has 2 unspecified atom stereocenters.